The molecular weight excluding hydrogens is 577 g/mol. The van der Waals surface area contributed by atoms with Crippen molar-refractivity contribution in [1.82, 2.24) is 10.2 Å². The van der Waals surface area contributed by atoms with Gasteiger partial charge in [-0.15, -0.1) is 0 Å². The molecule has 0 bridgehead atoms. The number of nitrogens with zero attached hydrogens (tertiary/aromatic N) is 2. The maximum absolute atomic E-state index is 14.0. The number of methoxy groups -OCH3 is 2. The molecule has 1 unspecified atom stereocenters. The number of ether oxygens (including phenoxy) is 2. The van der Waals surface area contributed by atoms with Crippen LogP contribution >= 0.6 is 23.2 Å². The molecule has 12 heteroatoms. The first-order valence-electron chi connectivity index (χ1n) is 12.2. The molecule has 40 heavy (non-hydrogen) atoms. The van der Waals surface area contributed by atoms with Gasteiger partial charge in [-0.25, -0.2) is 8.42 Å². The van der Waals surface area contributed by atoms with E-state index in [9.17, 15) is 18.0 Å². The maximum Gasteiger partial charge on any atom is 0.244 e. The van der Waals surface area contributed by atoms with Crippen LogP contribution in [0, 0.1) is 0 Å². The van der Waals surface area contributed by atoms with Crippen LogP contribution in [-0.4, -0.2) is 65.2 Å². The normalized spacial score (nSPS) is 11.8. The summed E-state index contributed by atoms with van der Waals surface area (Å²) < 4.78 is 37.5. The molecule has 0 fully saturated rings. The van der Waals surface area contributed by atoms with E-state index in [1.807, 2.05) is 30.3 Å². The third-order valence-corrected chi connectivity index (χ3v) is 7.92. The van der Waals surface area contributed by atoms with Crippen molar-refractivity contribution >= 4 is 50.7 Å². The predicted octanol–water partition coefficient (Wildman–Crippen LogP) is 4.16. The minimum atomic E-state index is -3.97. The van der Waals surface area contributed by atoms with Crippen LogP contribution in [0.5, 0.6) is 11.5 Å². The molecule has 0 aliphatic heterocycles. The lowest BCUT2D eigenvalue weighted by atomic mass is 10.0. The van der Waals surface area contributed by atoms with E-state index in [1.54, 1.807) is 18.2 Å². The van der Waals surface area contributed by atoms with Crippen LogP contribution in [0.2, 0.25) is 10.0 Å². The number of likely N-dealkylation sites (N-methyl/N-ethyl adjacent to an activating group) is 1. The van der Waals surface area contributed by atoms with Gasteiger partial charge in [0.1, 0.15) is 24.1 Å². The molecule has 0 saturated heterocycles. The van der Waals surface area contributed by atoms with Crippen molar-refractivity contribution in [2.75, 3.05) is 38.4 Å². The van der Waals surface area contributed by atoms with Crippen molar-refractivity contribution in [3.63, 3.8) is 0 Å². The van der Waals surface area contributed by atoms with Crippen LogP contribution in [-0.2, 0) is 32.6 Å². The number of carbonyl (C=O) groups is 2. The number of rotatable bonds is 12. The van der Waals surface area contributed by atoms with Crippen LogP contribution in [0.4, 0.5) is 5.69 Å². The molecule has 3 aromatic carbocycles. The summed E-state index contributed by atoms with van der Waals surface area (Å²) in [5.41, 5.74) is 1.49. The second kappa shape index (κ2) is 13.7. The highest BCUT2D eigenvalue weighted by molar-refractivity contribution is 7.92. The quantitative estimate of drug-likeness (QED) is 0.331. The van der Waals surface area contributed by atoms with Gasteiger partial charge in [0.05, 0.1) is 26.2 Å². The number of amides is 2. The Kier molecular flexibility index (Phi) is 10.7. The molecule has 1 N–H and O–H groups in total. The minimum absolute atomic E-state index is 0.0723. The second-order valence-electron chi connectivity index (χ2n) is 8.88. The number of halogens is 2. The average molecular weight is 609 g/mol. The van der Waals surface area contributed by atoms with Gasteiger partial charge in [0, 0.05) is 36.1 Å². The SMILES string of the molecule is CNC(=O)C(Cc1ccccc1)N(Cc1ccc(Cl)cc1Cl)C(=O)CN(c1ccc(OC)cc1OC)S(C)(=O)=O. The Bertz CT molecular complexity index is 1450. The number of anilines is 1. The van der Waals surface area contributed by atoms with Crippen molar-refractivity contribution in [2.24, 2.45) is 0 Å². The van der Waals surface area contributed by atoms with Gasteiger partial charge in [-0.2, -0.15) is 0 Å². The van der Waals surface area contributed by atoms with Crippen molar-refractivity contribution in [3.05, 3.63) is 87.9 Å². The largest absolute Gasteiger partial charge is 0.497 e. The highest BCUT2D eigenvalue weighted by Gasteiger charge is 2.33. The number of hydrogen-bond donors (Lipinski definition) is 1. The fourth-order valence-corrected chi connectivity index (χ4v) is 5.46. The van der Waals surface area contributed by atoms with E-state index in [0.717, 1.165) is 16.1 Å². The third kappa shape index (κ3) is 7.80. The Morgan fingerprint density at radius 3 is 2.25 bits per heavy atom. The Balaban J connectivity index is 2.09. The Labute approximate surface area is 244 Å². The summed E-state index contributed by atoms with van der Waals surface area (Å²) in [7, 11) is 0.356. The standard InChI is InChI=1S/C28H31Cl2N3O6S/c1-31-28(35)25(14-19-8-6-5-7-9-19)32(17-20-10-11-21(29)15-23(20)30)27(34)18-33(40(4,36)37)24-13-12-22(38-2)16-26(24)39-3/h5-13,15-16,25H,14,17-18H2,1-4H3,(H,31,35). The van der Waals surface area contributed by atoms with Crippen LogP contribution in [0.3, 0.4) is 0 Å². The van der Waals surface area contributed by atoms with Crippen molar-refractivity contribution in [2.45, 2.75) is 19.0 Å². The number of carbonyl (C=O) groups excluding carboxylic acids is 2. The van der Waals surface area contributed by atoms with Gasteiger partial charge in [-0.3, -0.25) is 13.9 Å². The first kappa shape index (κ1) is 31.1. The zero-order valence-electron chi connectivity index (χ0n) is 22.6. The smallest absolute Gasteiger partial charge is 0.244 e. The molecule has 1 atom stereocenters. The van der Waals surface area contributed by atoms with Crippen LogP contribution in [0.1, 0.15) is 11.1 Å². The van der Waals surface area contributed by atoms with Crippen molar-refractivity contribution in [3.8, 4) is 11.5 Å². The number of sulfonamides is 1. The summed E-state index contributed by atoms with van der Waals surface area (Å²) in [5.74, 6) is -0.409. The molecule has 0 spiro atoms. The van der Waals surface area contributed by atoms with Crippen LogP contribution in [0.25, 0.3) is 0 Å². The molecule has 0 aliphatic rings. The zero-order valence-corrected chi connectivity index (χ0v) is 24.9. The summed E-state index contributed by atoms with van der Waals surface area (Å²) in [6, 6.07) is 17.6. The first-order valence-corrected chi connectivity index (χ1v) is 14.8. The van der Waals surface area contributed by atoms with Gasteiger partial charge in [0.15, 0.2) is 0 Å². The highest BCUT2D eigenvalue weighted by atomic mass is 35.5. The van der Waals surface area contributed by atoms with Gasteiger partial charge >= 0.3 is 0 Å². The van der Waals surface area contributed by atoms with Gasteiger partial charge < -0.3 is 19.7 Å². The van der Waals surface area contributed by atoms with Gasteiger partial charge in [-0.1, -0.05) is 59.6 Å². The predicted molar refractivity (Wildman–Crippen MR) is 157 cm³/mol. The highest BCUT2D eigenvalue weighted by Crippen LogP contribution is 2.34. The average Bonchev–Trinajstić information content (AvgIpc) is 2.93. The molecule has 0 aliphatic carbocycles. The van der Waals surface area contributed by atoms with Gasteiger partial charge in [-0.05, 0) is 35.4 Å². The minimum Gasteiger partial charge on any atom is -0.497 e. The maximum atomic E-state index is 14.0. The topological polar surface area (TPSA) is 105 Å². The van der Waals surface area contributed by atoms with Gasteiger partial charge in [0.25, 0.3) is 0 Å². The number of hydrogen-bond acceptors (Lipinski definition) is 6. The fourth-order valence-electron chi connectivity index (χ4n) is 4.14. The molecule has 214 valence electrons. The summed E-state index contributed by atoms with van der Waals surface area (Å²) >= 11 is 12.5. The zero-order chi connectivity index (χ0) is 29.4. The monoisotopic (exact) mass is 607 g/mol. The first-order chi connectivity index (χ1) is 19.0. The van der Waals surface area contributed by atoms with E-state index in [2.05, 4.69) is 5.32 Å². The number of nitrogens with one attached hydrogen (secondary N) is 1. The lowest BCUT2D eigenvalue weighted by Gasteiger charge is -2.33. The fraction of sp³-hybridized carbons (Fsp3) is 0.286. The van der Waals surface area contributed by atoms with E-state index < -0.39 is 34.4 Å². The molecule has 9 nitrogen and oxygen atoms in total. The summed E-state index contributed by atoms with van der Waals surface area (Å²) in [4.78, 5) is 28.6. The summed E-state index contributed by atoms with van der Waals surface area (Å²) in [6.45, 7) is -0.674. The lowest BCUT2D eigenvalue weighted by molar-refractivity contribution is -0.139. The van der Waals surface area contributed by atoms with Crippen LogP contribution in [0.15, 0.2) is 66.7 Å². The van der Waals surface area contributed by atoms with Crippen molar-refractivity contribution in [1.29, 1.82) is 0 Å². The summed E-state index contributed by atoms with van der Waals surface area (Å²) in [6.07, 6.45) is 1.17. The van der Waals surface area contributed by atoms with E-state index in [-0.39, 0.29) is 24.4 Å². The molecule has 0 heterocycles. The van der Waals surface area contributed by atoms with E-state index in [0.29, 0.717) is 21.4 Å². The molecule has 0 radical (unpaired) electrons. The van der Waals surface area contributed by atoms with Gasteiger partial charge in [0.2, 0.25) is 21.8 Å². The Hall–Kier alpha value is -3.47. The second-order valence-corrected chi connectivity index (χ2v) is 11.6. The summed E-state index contributed by atoms with van der Waals surface area (Å²) in [5, 5.41) is 3.34. The number of benzene rings is 3. The van der Waals surface area contributed by atoms with E-state index in [4.69, 9.17) is 32.7 Å². The molecule has 3 aromatic rings. The van der Waals surface area contributed by atoms with Crippen molar-refractivity contribution < 1.29 is 27.5 Å². The van der Waals surface area contributed by atoms with E-state index >= 15 is 0 Å². The van der Waals surface area contributed by atoms with E-state index in [1.165, 1.54) is 44.4 Å². The lowest BCUT2D eigenvalue weighted by Crippen LogP contribution is -2.53. The molecule has 2 amide bonds. The van der Waals surface area contributed by atoms with Crippen LogP contribution < -0.4 is 19.1 Å². The Morgan fingerprint density at radius 1 is 0.975 bits per heavy atom. The molecular formula is C28H31Cl2N3O6S. The molecule has 0 aromatic heterocycles. The molecule has 3 rings (SSSR count). The third-order valence-electron chi connectivity index (χ3n) is 6.21. The Morgan fingerprint density at radius 2 is 1.68 bits per heavy atom. The molecule has 0 saturated carbocycles.